The van der Waals surface area contributed by atoms with Crippen molar-refractivity contribution in [3.05, 3.63) is 40.7 Å². The molecule has 1 amide bonds. The van der Waals surface area contributed by atoms with Gasteiger partial charge in [0.15, 0.2) is 6.61 Å². The summed E-state index contributed by atoms with van der Waals surface area (Å²) in [7, 11) is 0. The summed E-state index contributed by atoms with van der Waals surface area (Å²) in [6, 6.07) is 7.67. The van der Waals surface area contributed by atoms with E-state index >= 15 is 0 Å². The molecule has 0 radical (unpaired) electrons. The molecule has 156 valence electrons. The van der Waals surface area contributed by atoms with Gasteiger partial charge in [0.05, 0.1) is 5.69 Å². The molecule has 3 rings (SSSR count). The number of aromatic nitrogens is 2. The summed E-state index contributed by atoms with van der Waals surface area (Å²) < 4.78 is 6.73. The molecule has 0 atom stereocenters. The number of esters is 1. The average Bonchev–Trinajstić information content (AvgIpc) is 3.29. The molecule has 1 aromatic carbocycles. The molecule has 8 heteroatoms. The highest BCUT2D eigenvalue weighted by molar-refractivity contribution is 6.32. The van der Waals surface area contributed by atoms with Crippen LogP contribution in [-0.2, 0) is 16.1 Å². The molecule has 1 saturated heterocycles. The third-order valence-electron chi connectivity index (χ3n) is 4.76. The summed E-state index contributed by atoms with van der Waals surface area (Å²) in [4.78, 5) is 26.9. The van der Waals surface area contributed by atoms with Gasteiger partial charge in [-0.05, 0) is 49.9 Å². The molecule has 0 spiro atoms. The number of ether oxygens (including phenoxy) is 1. The van der Waals surface area contributed by atoms with E-state index in [0.29, 0.717) is 23.8 Å². The molecular formula is C21H27ClN4O3. The Bertz CT molecular complexity index is 871. The maximum atomic E-state index is 12.4. The second-order valence-electron chi connectivity index (χ2n) is 7.69. The van der Waals surface area contributed by atoms with Gasteiger partial charge in [0.2, 0.25) is 0 Å². The summed E-state index contributed by atoms with van der Waals surface area (Å²) in [6.07, 6.45) is 2.42. The Morgan fingerprint density at radius 3 is 2.48 bits per heavy atom. The number of halogens is 1. The fourth-order valence-corrected chi connectivity index (χ4v) is 3.70. The third-order valence-corrected chi connectivity index (χ3v) is 5.15. The number of amides is 1. The van der Waals surface area contributed by atoms with Gasteiger partial charge in [-0.1, -0.05) is 25.4 Å². The SMILES string of the molecule is Cc1nn(CC(C)C)c(Cl)c1C(=O)OCC(=O)Nc1ccc(N2CCCC2)cc1. The minimum atomic E-state index is -0.651. The molecule has 1 aromatic heterocycles. The van der Waals surface area contributed by atoms with Gasteiger partial charge in [-0.15, -0.1) is 0 Å². The quantitative estimate of drug-likeness (QED) is 0.690. The fourth-order valence-electron chi connectivity index (χ4n) is 3.38. The van der Waals surface area contributed by atoms with E-state index < -0.39 is 18.5 Å². The highest BCUT2D eigenvalue weighted by Gasteiger charge is 2.23. The van der Waals surface area contributed by atoms with Crippen LogP contribution in [0.1, 0.15) is 42.7 Å². The standard InChI is InChI=1S/C21H27ClN4O3/c1-14(2)12-26-20(22)19(15(3)24-26)21(28)29-13-18(27)23-16-6-8-17(9-7-16)25-10-4-5-11-25/h6-9,14H,4-5,10-13H2,1-3H3,(H,23,27). The van der Waals surface area contributed by atoms with Crippen molar-refractivity contribution in [2.75, 3.05) is 29.9 Å². The summed E-state index contributed by atoms with van der Waals surface area (Å²) in [5, 5.41) is 7.26. The lowest BCUT2D eigenvalue weighted by Crippen LogP contribution is -2.21. The fraction of sp³-hybridized carbons (Fsp3) is 0.476. The third kappa shape index (κ3) is 5.29. The number of nitrogens with one attached hydrogen (secondary N) is 1. The summed E-state index contributed by atoms with van der Waals surface area (Å²) in [5.41, 5.74) is 2.50. The highest BCUT2D eigenvalue weighted by Crippen LogP contribution is 2.23. The number of anilines is 2. The second kappa shape index (κ2) is 9.31. The van der Waals surface area contributed by atoms with Crippen LogP contribution in [0.15, 0.2) is 24.3 Å². The van der Waals surface area contributed by atoms with Gasteiger partial charge in [-0.3, -0.25) is 9.48 Å². The highest BCUT2D eigenvalue weighted by atomic mass is 35.5. The topological polar surface area (TPSA) is 76.5 Å². The second-order valence-corrected chi connectivity index (χ2v) is 8.05. The molecule has 1 aliphatic heterocycles. The van der Waals surface area contributed by atoms with E-state index in [2.05, 4.69) is 15.3 Å². The molecule has 1 N–H and O–H groups in total. The summed E-state index contributed by atoms with van der Waals surface area (Å²) >= 11 is 6.28. The average molecular weight is 419 g/mol. The molecule has 2 heterocycles. The van der Waals surface area contributed by atoms with Crippen molar-refractivity contribution in [2.45, 2.75) is 40.2 Å². The normalized spacial score (nSPS) is 13.8. The Balaban J connectivity index is 1.54. The molecule has 0 saturated carbocycles. The number of aryl methyl sites for hydroxylation is 1. The van der Waals surface area contributed by atoms with E-state index in [1.54, 1.807) is 11.6 Å². The van der Waals surface area contributed by atoms with Crippen LogP contribution in [0.25, 0.3) is 0 Å². The van der Waals surface area contributed by atoms with Gasteiger partial charge >= 0.3 is 5.97 Å². The molecule has 0 unspecified atom stereocenters. The van der Waals surface area contributed by atoms with Gasteiger partial charge in [-0.2, -0.15) is 5.10 Å². The Morgan fingerprint density at radius 1 is 1.21 bits per heavy atom. The van der Waals surface area contributed by atoms with Crippen molar-refractivity contribution in [1.82, 2.24) is 9.78 Å². The summed E-state index contributed by atoms with van der Waals surface area (Å²) in [5.74, 6) is -0.726. The Labute approximate surface area is 176 Å². The number of hydrogen-bond donors (Lipinski definition) is 1. The zero-order chi connectivity index (χ0) is 21.0. The molecule has 1 aliphatic rings. The van der Waals surface area contributed by atoms with Gasteiger partial charge in [0.25, 0.3) is 5.91 Å². The Hall–Kier alpha value is -2.54. The van der Waals surface area contributed by atoms with Gasteiger partial charge in [0.1, 0.15) is 10.7 Å². The molecule has 0 aliphatic carbocycles. The van der Waals surface area contributed by atoms with E-state index in [1.807, 2.05) is 38.1 Å². The predicted octanol–water partition coefficient (Wildman–Crippen LogP) is 3.90. The monoisotopic (exact) mass is 418 g/mol. The van der Waals surface area contributed by atoms with E-state index in [9.17, 15) is 9.59 Å². The zero-order valence-corrected chi connectivity index (χ0v) is 17.8. The first-order valence-corrected chi connectivity index (χ1v) is 10.3. The maximum absolute atomic E-state index is 12.4. The van der Waals surface area contributed by atoms with Crippen LogP contribution in [0, 0.1) is 12.8 Å². The maximum Gasteiger partial charge on any atom is 0.343 e. The molecular weight excluding hydrogens is 392 g/mol. The van der Waals surface area contributed by atoms with Crippen molar-refractivity contribution >= 4 is 34.9 Å². The predicted molar refractivity (Wildman–Crippen MR) is 114 cm³/mol. The first-order chi connectivity index (χ1) is 13.8. The van der Waals surface area contributed by atoms with Crippen LogP contribution in [-0.4, -0.2) is 41.4 Å². The zero-order valence-electron chi connectivity index (χ0n) is 17.1. The smallest absolute Gasteiger partial charge is 0.343 e. The molecule has 1 fully saturated rings. The van der Waals surface area contributed by atoms with Crippen LogP contribution in [0.4, 0.5) is 11.4 Å². The van der Waals surface area contributed by atoms with E-state index in [-0.39, 0.29) is 10.7 Å². The van der Waals surface area contributed by atoms with E-state index in [0.717, 1.165) is 18.8 Å². The minimum absolute atomic E-state index is 0.204. The van der Waals surface area contributed by atoms with Crippen molar-refractivity contribution in [3.8, 4) is 0 Å². The number of carbonyl (C=O) groups excluding carboxylic acids is 2. The number of rotatable bonds is 7. The van der Waals surface area contributed by atoms with Crippen molar-refractivity contribution < 1.29 is 14.3 Å². The van der Waals surface area contributed by atoms with Crippen LogP contribution in [0.3, 0.4) is 0 Å². The van der Waals surface area contributed by atoms with Crippen LogP contribution < -0.4 is 10.2 Å². The van der Waals surface area contributed by atoms with E-state index in [1.165, 1.54) is 12.8 Å². The van der Waals surface area contributed by atoms with Gasteiger partial charge < -0.3 is 15.0 Å². The summed E-state index contributed by atoms with van der Waals surface area (Å²) in [6.45, 7) is 8.11. The number of nitrogens with zero attached hydrogens (tertiary/aromatic N) is 3. The molecule has 29 heavy (non-hydrogen) atoms. The van der Waals surface area contributed by atoms with Gasteiger partial charge in [-0.25, -0.2) is 4.79 Å². The lowest BCUT2D eigenvalue weighted by atomic mass is 10.2. The lowest BCUT2D eigenvalue weighted by Gasteiger charge is -2.17. The lowest BCUT2D eigenvalue weighted by molar-refractivity contribution is -0.119. The van der Waals surface area contributed by atoms with Crippen LogP contribution in [0.5, 0.6) is 0 Å². The molecule has 0 bridgehead atoms. The molecule has 7 nitrogen and oxygen atoms in total. The first-order valence-electron chi connectivity index (χ1n) is 9.90. The van der Waals surface area contributed by atoms with Crippen molar-refractivity contribution in [3.63, 3.8) is 0 Å². The van der Waals surface area contributed by atoms with Crippen molar-refractivity contribution in [2.24, 2.45) is 5.92 Å². The number of benzene rings is 1. The molecule has 2 aromatic rings. The van der Waals surface area contributed by atoms with Crippen molar-refractivity contribution in [1.29, 1.82) is 0 Å². The number of carbonyl (C=O) groups is 2. The van der Waals surface area contributed by atoms with Gasteiger partial charge in [0, 0.05) is 31.0 Å². The Morgan fingerprint density at radius 2 is 1.86 bits per heavy atom. The van der Waals surface area contributed by atoms with E-state index in [4.69, 9.17) is 16.3 Å². The first kappa shape index (κ1) is 21.2. The minimum Gasteiger partial charge on any atom is -0.452 e. The largest absolute Gasteiger partial charge is 0.452 e. The Kier molecular flexibility index (Phi) is 6.79. The van der Waals surface area contributed by atoms with Crippen LogP contribution >= 0.6 is 11.6 Å². The number of hydrogen-bond acceptors (Lipinski definition) is 5. The van der Waals surface area contributed by atoms with Crippen LogP contribution in [0.2, 0.25) is 5.15 Å².